The molecule has 0 fully saturated rings. The van der Waals surface area contributed by atoms with Gasteiger partial charge in [0.2, 0.25) is 0 Å². The van der Waals surface area contributed by atoms with Crippen molar-refractivity contribution in [3.63, 3.8) is 0 Å². The number of nitrogens with zero attached hydrogens (tertiary/aromatic N) is 2. The van der Waals surface area contributed by atoms with E-state index in [2.05, 4.69) is 23.3 Å². The average Bonchev–Trinajstić information content (AvgIpc) is 2.29. The number of nitrogens with one attached hydrogen (secondary N) is 1. The van der Waals surface area contributed by atoms with Gasteiger partial charge < -0.3 is 10.1 Å². The first kappa shape index (κ1) is 12.5. The molecule has 0 aliphatic heterocycles. The highest BCUT2D eigenvalue weighted by atomic mass is 16.5. The summed E-state index contributed by atoms with van der Waals surface area (Å²) in [6.07, 6.45) is 1.01. The molecule has 0 amide bonds. The molecule has 1 aromatic heterocycles. The first-order valence-corrected chi connectivity index (χ1v) is 5.36. The fraction of sp³-hybridized carbons (Fsp3) is 0.500. The number of methoxy groups -OCH3 is 1. The van der Waals surface area contributed by atoms with E-state index in [4.69, 9.17) is 10.00 Å². The molecule has 1 aromatic rings. The van der Waals surface area contributed by atoms with E-state index in [9.17, 15) is 0 Å². The van der Waals surface area contributed by atoms with Gasteiger partial charge in [0.05, 0.1) is 12.2 Å². The van der Waals surface area contributed by atoms with Gasteiger partial charge in [0, 0.05) is 24.9 Å². The summed E-state index contributed by atoms with van der Waals surface area (Å²) in [5.74, 6) is 0.668. The van der Waals surface area contributed by atoms with Gasteiger partial charge in [-0.1, -0.05) is 6.92 Å². The number of hydrogen-bond acceptors (Lipinski definition) is 4. The minimum Gasteiger partial charge on any atom is -0.380 e. The Hall–Kier alpha value is -1.60. The highest BCUT2D eigenvalue weighted by molar-refractivity contribution is 5.54. The van der Waals surface area contributed by atoms with E-state index in [1.54, 1.807) is 7.11 Å². The summed E-state index contributed by atoms with van der Waals surface area (Å²) in [5, 5.41) is 12.2. The van der Waals surface area contributed by atoms with Crippen molar-refractivity contribution >= 4 is 5.82 Å². The number of nitriles is 1. The van der Waals surface area contributed by atoms with Crippen LogP contribution in [0.3, 0.4) is 0 Å². The minimum atomic E-state index is 0.488. The lowest BCUT2D eigenvalue weighted by molar-refractivity contribution is 0.184. The lowest BCUT2D eigenvalue weighted by atomic mass is 10.1. The van der Waals surface area contributed by atoms with E-state index >= 15 is 0 Å². The van der Waals surface area contributed by atoms with Crippen LogP contribution in [0.15, 0.2) is 6.07 Å². The van der Waals surface area contributed by atoms with Gasteiger partial charge in [-0.25, -0.2) is 4.98 Å². The van der Waals surface area contributed by atoms with Crippen LogP contribution in [0, 0.1) is 18.3 Å². The predicted octanol–water partition coefficient (Wildman–Crippen LogP) is 2.23. The maximum atomic E-state index is 9.03. The number of aromatic nitrogens is 1. The van der Waals surface area contributed by atoms with E-state index in [1.165, 1.54) is 0 Å². The van der Waals surface area contributed by atoms with Crippen molar-refractivity contribution in [2.24, 2.45) is 0 Å². The van der Waals surface area contributed by atoms with Gasteiger partial charge in [0.25, 0.3) is 0 Å². The normalized spacial score (nSPS) is 9.88. The van der Waals surface area contributed by atoms with Gasteiger partial charge >= 0.3 is 0 Å². The molecule has 0 aliphatic rings. The molecule has 0 bridgehead atoms. The largest absolute Gasteiger partial charge is 0.380 e. The summed E-state index contributed by atoms with van der Waals surface area (Å²) < 4.78 is 5.06. The lowest BCUT2D eigenvalue weighted by Gasteiger charge is -2.10. The van der Waals surface area contributed by atoms with Crippen molar-refractivity contribution < 1.29 is 4.74 Å². The van der Waals surface area contributed by atoms with Gasteiger partial charge in [0.15, 0.2) is 0 Å². The molecule has 4 nitrogen and oxygen atoms in total. The maximum Gasteiger partial charge on any atom is 0.144 e. The molecular weight excluding hydrogens is 202 g/mol. The average molecular weight is 219 g/mol. The summed E-state index contributed by atoms with van der Waals surface area (Å²) in [6, 6.07) is 3.99. The standard InChI is InChI=1S/C12H17N3O/c1-4-5-14-12-10(7-13)6-11(8-16-3)9(2)15-12/h6H,4-5,8H2,1-3H3,(H,14,15). The topological polar surface area (TPSA) is 57.9 Å². The van der Waals surface area contributed by atoms with Crippen LogP contribution >= 0.6 is 0 Å². The quantitative estimate of drug-likeness (QED) is 0.825. The molecule has 1 rings (SSSR count). The molecule has 0 saturated heterocycles. The third kappa shape index (κ3) is 2.94. The second kappa shape index (κ2) is 6.09. The Kier molecular flexibility index (Phi) is 4.74. The summed E-state index contributed by atoms with van der Waals surface area (Å²) in [4.78, 5) is 4.39. The SMILES string of the molecule is CCCNc1nc(C)c(COC)cc1C#N. The predicted molar refractivity (Wildman–Crippen MR) is 63.2 cm³/mol. The van der Waals surface area contributed by atoms with Crippen molar-refractivity contribution in [3.8, 4) is 6.07 Å². The monoisotopic (exact) mass is 219 g/mol. The molecule has 0 aromatic carbocycles. The van der Waals surface area contributed by atoms with Crippen LogP contribution in [0.1, 0.15) is 30.2 Å². The van der Waals surface area contributed by atoms with Gasteiger partial charge in [0.1, 0.15) is 11.9 Å². The van der Waals surface area contributed by atoms with Crippen LogP contribution in [-0.4, -0.2) is 18.6 Å². The van der Waals surface area contributed by atoms with Crippen molar-refractivity contribution in [3.05, 3.63) is 22.9 Å². The molecule has 0 spiro atoms. The molecule has 86 valence electrons. The van der Waals surface area contributed by atoms with Crippen LogP contribution in [0.2, 0.25) is 0 Å². The summed E-state index contributed by atoms with van der Waals surface area (Å²) >= 11 is 0. The molecule has 0 saturated carbocycles. The highest BCUT2D eigenvalue weighted by Gasteiger charge is 2.08. The van der Waals surface area contributed by atoms with Crippen LogP contribution in [0.5, 0.6) is 0 Å². The summed E-state index contributed by atoms with van der Waals surface area (Å²) in [6.45, 7) is 5.31. The molecule has 4 heteroatoms. The Labute approximate surface area is 96.3 Å². The zero-order valence-corrected chi connectivity index (χ0v) is 10.0. The van der Waals surface area contributed by atoms with Crippen LogP contribution < -0.4 is 5.32 Å². The van der Waals surface area contributed by atoms with Crippen LogP contribution in [-0.2, 0) is 11.3 Å². The molecule has 0 radical (unpaired) electrons. The molecule has 0 unspecified atom stereocenters. The smallest absolute Gasteiger partial charge is 0.144 e. The molecule has 0 atom stereocenters. The van der Waals surface area contributed by atoms with Crippen molar-refractivity contribution in [2.75, 3.05) is 19.0 Å². The Morgan fingerprint density at radius 3 is 2.88 bits per heavy atom. The van der Waals surface area contributed by atoms with E-state index in [0.29, 0.717) is 18.0 Å². The first-order chi connectivity index (χ1) is 7.72. The zero-order chi connectivity index (χ0) is 12.0. The number of hydrogen-bond donors (Lipinski definition) is 1. The van der Waals surface area contributed by atoms with Gasteiger partial charge in [-0.3, -0.25) is 0 Å². The van der Waals surface area contributed by atoms with Crippen LogP contribution in [0.4, 0.5) is 5.82 Å². The molecule has 0 aliphatic carbocycles. The second-order valence-corrected chi connectivity index (χ2v) is 3.60. The fourth-order valence-electron chi connectivity index (χ4n) is 1.41. The molecular formula is C12H17N3O. The Morgan fingerprint density at radius 2 is 2.31 bits per heavy atom. The summed E-state index contributed by atoms with van der Waals surface area (Å²) in [7, 11) is 1.63. The van der Waals surface area contributed by atoms with Crippen molar-refractivity contribution in [2.45, 2.75) is 26.9 Å². The zero-order valence-electron chi connectivity index (χ0n) is 10.0. The number of rotatable bonds is 5. The Balaban J connectivity index is 3.02. The molecule has 1 N–H and O–H groups in total. The molecule has 1 heterocycles. The third-order valence-electron chi connectivity index (χ3n) is 2.28. The minimum absolute atomic E-state index is 0.488. The Morgan fingerprint density at radius 1 is 1.56 bits per heavy atom. The maximum absolute atomic E-state index is 9.03. The summed E-state index contributed by atoms with van der Waals surface area (Å²) in [5.41, 5.74) is 2.44. The van der Waals surface area contributed by atoms with E-state index in [-0.39, 0.29) is 0 Å². The number of anilines is 1. The van der Waals surface area contributed by atoms with E-state index in [1.807, 2.05) is 13.0 Å². The van der Waals surface area contributed by atoms with Crippen molar-refractivity contribution in [1.82, 2.24) is 4.98 Å². The van der Waals surface area contributed by atoms with E-state index < -0.39 is 0 Å². The van der Waals surface area contributed by atoms with Gasteiger partial charge in [-0.15, -0.1) is 0 Å². The fourth-order valence-corrected chi connectivity index (χ4v) is 1.41. The van der Waals surface area contributed by atoms with E-state index in [0.717, 1.165) is 24.2 Å². The molecule has 16 heavy (non-hydrogen) atoms. The lowest BCUT2D eigenvalue weighted by Crippen LogP contribution is -2.07. The van der Waals surface area contributed by atoms with Gasteiger partial charge in [-0.05, 0) is 19.4 Å². The second-order valence-electron chi connectivity index (χ2n) is 3.60. The van der Waals surface area contributed by atoms with Crippen molar-refractivity contribution in [1.29, 1.82) is 5.26 Å². The third-order valence-corrected chi connectivity index (χ3v) is 2.28. The highest BCUT2D eigenvalue weighted by Crippen LogP contribution is 2.17. The Bertz CT molecular complexity index is 396. The van der Waals surface area contributed by atoms with Gasteiger partial charge in [-0.2, -0.15) is 5.26 Å². The number of pyridine rings is 1. The number of aryl methyl sites for hydroxylation is 1. The number of ether oxygens (including phenoxy) is 1. The first-order valence-electron chi connectivity index (χ1n) is 5.36. The van der Waals surface area contributed by atoms with Crippen LogP contribution in [0.25, 0.3) is 0 Å².